The van der Waals surface area contributed by atoms with Crippen LogP contribution in [0.1, 0.15) is 21.7 Å². The third kappa shape index (κ3) is 3.30. The lowest BCUT2D eigenvalue weighted by Crippen LogP contribution is -2.52. The fraction of sp³-hybridized carbons (Fsp3) is 0.160. The van der Waals surface area contributed by atoms with E-state index >= 15 is 0 Å². The highest BCUT2D eigenvalue weighted by Gasteiger charge is 2.53. The number of carbonyl (C=O) groups excluding carboxylic acids is 3. The number of amides is 4. The molecule has 0 saturated carbocycles. The zero-order chi connectivity index (χ0) is 24.2. The molecule has 2 N–H and O–H groups in total. The van der Waals surface area contributed by atoms with Gasteiger partial charge in [-0.15, -0.1) is 0 Å². The van der Waals surface area contributed by atoms with Crippen LogP contribution in [0.15, 0.2) is 65.3 Å². The van der Waals surface area contributed by atoms with Gasteiger partial charge in [-0.2, -0.15) is 0 Å². The second-order valence-electron chi connectivity index (χ2n) is 8.42. The molecule has 4 aromatic rings. The highest BCUT2D eigenvalue weighted by Crippen LogP contribution is 2.35. The zero-order valence-electron chi connectivity index (χ0n) is 18.6. The molecular weight excluding hydrogens is 450 g/mol. The molecule has 0 unspecified atom stereocenters. The molecular formula is C25H19N5O5. The van der Waals surface area contributed by atoms with Gasteiger partial charge >= 0.3 is 6.03 Å². The molecule has 1 saturated heterocycles. The number of rotatable bonds is 5. The van der Waals surface area contributed by atoms with Crippen LogP contribution in [0.25, 0.3) is 22.4 Å². The number of fused-ring (bicyclic) bond motifs is 2. The molecule has 2 aliphatic rings. The molecule has 174 valence electrons. The summed E-state index contributed by atoms with van der Waals surface area (Å²) in [5.74, 6) is -0.107. The first-order valence-corrected chi connectivity index (χ1v) is 10.9. The minimum Gasteiger partial charge on any atom is -0.497 e. The van der Waals surface area contributed by atoms with Crippen molar-refractivity contribution in [3.05, 3.63) is 77.8 Å². The van der Waals surface area contributed by atoms with Gasteiger partial charge in [0.2, 0.25) is 0 Å². The Labute approximate surface area is 198 Å². The van der Waals surface area contributed by atoms with Crippen LogP contribution in [0.5, 0.6) is 5.75 Å². The van der Waals surface area contributed by atoms with Gasteiger partial charge in [-0.3, -0.25) is 19.9 Å². The fourth-order valence-electron chi connectivity index (χ4n) is 4.55. The molecule has 1 fully saturated rings. The number of urea groups is 1. The summed E-state index contributed by atoms with van der Waals surface area (Å²) >= 11 is 0. The van der Waals surface area contributed by atoms with Crippen LogP contribution < -0.4 is 15.4 Å². The van der Waals surface area contributed by atoms with Crippen molar-refractivity contribution in [2.45, 2.75) is 12.1 Å². The summed E-state index contributed by atoms with van der Waals surface area (Å²) < 4.78 is 11.3. The molecule has 6 rings (SSSR count). The van der Waals surface area contributed by atoms with E-state index in [1.807, 2.05) is 18.2 Å². The Balaban J connectivity index is 1.38. The molecule has 10 nitrogen and oxygen atoms in total. The number of hydrogen-bond donors (Lipinski definition) is 2. The second kappa shape index (κ2) is 7.66. The van der Waals surface area contributed by atoms with E-state index in [-0.39, 0.29) is 24.8 Å². The average Bonchev–Trinajstić information content (AvgIpc) is 3.53. The predicted octanol–water partition coefficient (Wildman–Crippen LogP) is 2.59. The summed E-state index contributed by atoms with van der Waals surface area (Å²) in [6, 6.07) is 13.5. The summed E-state index contributed by atoms with van der Waals surface area (Å²) in [5.41, 5.74) is 2.26. The summed E-state index contributed by atoms with van der Waals surface area (Å²) in [6.07, 6.45) is 3.35. The van der Waals surface area contributed by atoms with E-state index < -0.39 is 17.5 Å². The normalized spacial score (nSPS) is 19.1. The van der Waals surface area contributed by atoms with Crippen molar-refractivity contribution in [1.29, 1.82) is 0 Å². The van der Waals surface area contributed by atoms with Crippen molar-refractivity contribution in [2.24, 2.45) is 0 Å². The van der Waals surface area contributed by atoms with Crippen molar-refractivity contribution >= 4 is 28.9 Å². The number of carbonyl (C=O) groups is 3. The molecule has 4 amide bonds. The number of nitrogens with zero attached hydrogens (tertiary/aromatic N) is 3. The Morgan fingerprint density at radius 1 is 1.09 bits per heavy atom. The van der Waals surface area contributed by atoms with Crippen LogP contribution in [-0.2, 0) is 16.9 Å². The Bertz CT molecular complexity index is 1520. The number of nitrogens with one attached hydrogen (secondary N) is 2. The minimum absolute atomic E-state index is 0.114. The Morgan fingerprint density at radius 3 is 2.66 bits per heavy atom. The van der Waals surface area contributed by atoms with E-state index in [1.165, 1.54) is 12.0 Å². The van der Waals surface area contributed by atoms with E-state index in [0.29, 0.717) is 28.1 Å². The van der Waals surface area contributed by atoms with Crippen LogP contribution >= 0.6 is 0 Å². The maximum atomic E-state index is 13.2. The quantitative estimate of drug-likeness (QED) is 0.430. The van der Waals surface area contributed by atoms with E-state index in [0.717, 1.165) is 11.1 Å². The molecule has 10 heteroatoms. The monoisotopic (exact) mass is 469 g/mol. The first-order chi connectivity index (χ1) is 17.0. The number of methoxy groups -OCH3 is 1. The average molecular weight is 469 g/mol. The van der Waals surface area contributed by atoms with Crippen LogP contribution in [0.3, 0.4) is 0 Å². The van der Waals surface area contributed by atoms with Gasteiger partial charge in [-0.05, 0) is 42.0 Å². The van der Waals surface area contributed by atoms with E-state index in [2.05, 4.69) is 20.6 Å². The summed E-state index contributed by atoms with van der Waals surface area (Å²) in [4.78, 5) is 48.7. The SMILES string of the molecule is COc1ccc2c(c1)C(=O)N(C[C@@]1(c3cc4nc(-c5ccncc5)ccc4o3)NC(=O)NC1=O)C2. The molecule has 3 aromatic heterocycles. The molecule has 5 heterocycles. The molecule has 0 spiro atoms. The van der Waals surface area contributed by atoms with Gasteiger partial charge in [-0.25, -0.2) is 9.78 Å². The number of ether oxygens (including phenoxy) is 1. The maximum Gasteiger partial charge on any atom is 0.322 e. The highest BCUT2D eigenvalue weighted by molar-refractivity contribution is 6.08. The Kier molecular flexibility index (Phi) is 4.56. The third-order valence-corrected chi connectivity index (χ3v) is 6.34. The summed E-state index contributed by atoms with van der Waals surface area (Å²) in [7, 11) is 1.53. The van der Waals surface area contributed by atoms with Gasteiger partial charge in [-0.1, -0.05) is 6.07 Å². The lowest BCUT2D eigenvalue weighted by Gasteiger charge is -2.28. The van der Waals surface area contributed by atoms with E-state index in [1.54, 1.807) is 42.7 Å². The largest absolute Gasteiger partial charge is 0.497 e. The molecule has 1 atom stereocenters. The van der Waals surface area contributed by atoms with Crippen LogP contribution in [0.4, 0.5) is 4.79 Å². The van der Waals surface area contributed by atoms with Gasteiger partial charge in [0.1, 0.15) is 17.0 Å². The number of pyridine rings is 2. The van der Waals surface area contributed by atoms with Crippen LogP contribution in [0.2, 0.25) is 0 Å². The summed E-state index contributed by atoms with van der Waals surface area (Å²) in [6.45, 7) is 0.172. The van der Waals surface area contributed by atoms with Gasteiger partial charge in [0.05, 0.1) is 19.3 Å². The van der Waals surface area contributed by atoms with Gasteiger partial charge in [0.25, 0.3) is 11.8 Å². The fourth-order valence-corrected chi connectivity index (χ4v) is 4.55. The maximum absolute atomic E-state index is 13.2. The highest BCUT2D eigenvalue weighted by atomic mass is 16.5. The van der Waals surface area contributed by atoms with Crippen LogP contribution in [-0.4, -0.2) is 46.4 Å². The van der Waals surface area contributed by atoms with Crippen molar-refractivity contribution < 1.29 is 23.5 Å². The van der Waals surface area contributed by atoms with E-state index in [4.69, 9.17) is 9.15 Å². The standard InChI is InChI=1S/C25H19N5O5/c1-34-16-3-2-15-12-30(22(31)17(15)10-16)13-25(23(32)28-24(33)29-25)21-11-19-20(35-21)5-4-18(27-19)14-6-8-26-9-7-14/h2-11H,12-13H2,1H3,(H2,28,29,32,33)/t25-/m0/s1. The number of furan rings is 1. The minimum atomic E-state index is -1.60. The molecule has 2 aliphatic heterocycles. The molecule has 0 radical (unpaired) electrons. The molecule has 0 aliphatic carbocycles. The van der Waals surface area contributed by atoms with Gasteiger partial charge < -0.3 is 19.4 Å². The first-order valence-electron chi connectivity index (χ1n) is 10.9. The van der Waals surface area contributed by atoms with Gasteiger partial charge in [0.15, 0.2) is 11.1 Å². The topological polar surface area (TPSA) is 127 Å². The van der Waals surface area contributed by atoms with Gasteiger partial charge in [0, 0.05) is 36.1 Å². The van der Waals surface area contributed by atoms with Crippen molar-refractivity contribution in [1.82, 2.24) is 25.5 Å². The Morgan fingerprint density at radius 2 is 1.91 bits per heavy atom. The first kappa shape index (κ1) is 20.8. The Hall–Kier alpha value is -4.73. The predicted molar refractivity (Wildman–Crippen MR) is 123 cm³/mol. The smallest absolute Gasteiger partial charge is 0.322 e. The number of hydrogen-bond acceptors (Lipinski definition) is 7. The van der Waals surface area contributed by atoms with E-state index in [9.17, 15) is 14.4 Å². The lowest BCUT2D eigenvalue weighted by atomic mass is 9.95. The summed E-state index contributed by atoms with van der Waals surface area (Å²) in [5, 5.41) is 4.97. The lowest BCUT2D eigenvalue weighted by molar-refractivity contribution is -0.125. The second-order valence-corrected chi connectivity index (χ2v) is 8.42. The zero-order valence-corrected chi connectivity index (χ0v) is 18.6. The van der Waals surface area contributed by atoms with Crippen molar-refractivity contribution in [2.75, 3.05) is 13.7 Å². The molecule has 35 heavy (non-hydrogen) atoms. The van der Waals surface area contributed by atoms with Crippen molar-refractivity contribution in [3.63, 3.8) is 0 Å². The molecule has 0 bridgehead atoms. The molecule has 1 aromatic carbocycles. The third-order valence-electron chi connectivity index (χ3n) is 6.34. The number of benzene rings is 1. The number of imide groups is 1. The van der Waals surface area contributed by atoms with Crippen LogP contribution in [0, 0.1) is 0 Å². The number of aromatic nitrogens is 2. The van der Waals surface area contributed by atoms with Crippen molar-refractivity contribution in [3.8, 4) is 17.0 Å².